The predicted molar refractivity (Wildman–Crippen MR) is 59.4 cm³/mol. The molecular formula is C12H20O5. The van der Waals surface area contributed by atoms with E-state index in [1.165, 1.54) is 0 Å². The average molecular weight is 244 g/mol. The fraction of sp³-hybridized carbons (Fsp3) is 0.917. The van der Waals surface area contributed by atoms with Crippen molar-refractivity contribution in [1.82, 2.24) is 0 Å². The lowest BCUT2D eigenvalue weighted by atomic mass is 10.2. The van der Waals surface area contributed by atoms with Crippen LogP contribution in [0.1, 0.15) is 33.6 Å². The first-order chi connectivity index (χ1) is 8.02. The normalized spacial score (nSPS) is 34.6. The number of hydrogen-bond acceptors (Lipinski definition) is 5. The highest BCUT2D eigenvalue weighted by molar-refractivity contribution is 5.70. The summed E-state index contributed by atoms with van der Waals surface area (Å²) in [7, 11) is 0. The second-order valence-corrected chi connectivity index (χ2v) is 4.87. The maximum absolute atomic E-state index is 11.2. The highest BCUT2D eigenvalue weighted by Crippen LogP contribution is 2.39. The van der Waals surface area contributed by atoms with Gasteiger partial charge in [0.2, 0.25) is 0 Å². The van der Waals surface area contributed by atoms with Gasteiger partial charge in [-0.3, -0.25) is 0 Å². The van der Waals surface area contributed by atoms with Crippen molar-refractivity contribution >= 4 is 5.97 Å². The molecule has 0 aromatic heterocycles. The van der Waals surface area contributed by atoms with Crippen LogP contribution in [0.25, 0.3) is 0 Å². The number of rotatable bonds is 4. The van der Waals surface area contributed by atoms with Crippen molar-refractivity contribution < 1.29 is 23.7 Å². The second kappa shape index (κ2) is 4.92. The Balaban J connectivity index is 1.81. The summed E-state index contributed by atoms with van der Waals surface area (Å²) in [5.41, 5.74) is 0. The Morgan fingerprint density at radius 3 is 2.82 bits per heavy atom. The Bertz CT molecular complexity index is 289. The maximum Gasteiger partial charge on any atom is 0.332 e. The molecule has 3 atom stereocenters. The van der Waals surface area contributed by atoms with Crippen LogP contribution in [0.4, 0.5) is 0 Å². The lowest BCUT2D eigenvalue weighted by Gasteiger charge is -2.21. The van der Waals surface area contributed by atoms with E-state index in [1.54, 1.807) is 6.92 Å². The molecule has 0 N–H and O–H groups in total. The fourth-order valence-electron chi connectivity index (χ4n) is 2.45. The quantitative estimate of drug-likeness (QED) is 0.697. The number of carbonyl (C=O) groups excluding carboxylic acids is 1. The SMILES string of the molecule is CCOC(=O)CO[C@H]1CC[C@@H]2OC(C)(C)O[C@H]12. The molecule has 1 aliphatic heterocycles. The lowest BCUT2D eigenvalue weighted by molar-refractivity contribution is -0.171. The third-order valence-corrected chi connectivity index (χ3v) is 3.04. The summed E-state index contributed by atoms with van der Waals surface area (Å²) in [6.45, 7) is 5.94. The highest BCUT2D eigenvalue weighted by atomic mass is 16.8. The topological polar surface area (TPSA) is 54.0 Å². The molecule has 0 spiro atoms. The van der Waals surface area contributed by atoms with Crippen molar-refractivity contribution in [2.45, 2.75) is 57.7 Å². The molecule has 1 heterocycles. The van der Waals surface area contributed by atoms with Gasteiger partial charge in [-0.1, -0.05) is 0 Å². The molecule has 0 bridgehead atoms. The highest BCUT2D eigenvalue weighted by Gasteiger charge is 2.49. The van der Waals surface area contributed by atoms with Crippen molar-refractivity contribution in [2.24, 2.45) is 0 Å². The van der Waals surface area contributed by atoms with Crippen LogP contribution in [0.15, 0.2) is 0 Å². The molecule has 1 aliphatic carbocycles. The Morgan fingerprint density at radius 2 is 2.12 bits per heavy atom. The zero-order chi connectivity index (χ0) is 12.5. The van der Waals surface area contributed by atoms with Crippen LogP contribution in [0.5, 0.6) is 0 Å². The summed E-state index contributed by atoms with van der Waals surface area (Å²) in [4.78, 5) is 11.2. The molecule has 0 amide bonds. The van der Waals surface area contributed by atoms with E-state index in [2.05, 4.69) is 0 Å². The van der Waals surface area contributed by atoms with Gasteiger partial charge in [-0.2, -0.15) is 0 Å². The summed E-state index contributed by atoms with van der Waals surface area (Å²) >= 11 is 0. The third-order valence-electron chi connectivity index (χ3n) is 3.04. The van der Waals surface area contributed by atoms with Gasteiger partial charge in [0.1, 0.15) is 12.7 Å². The molecule has 98 valence electrons. The monoisotopic (exact) mass is 244 g/mol. The van der Waals surface area contributed by atoms with Crippen molar-refractivity contribution in [1.29, 1.82) is 0 Å². The van der Waals surface area contributed by atoms with Gasteiger partial charge in [-0.05, 0) is 33.6 Å². The van der Waals surface area contributed by atoms with Gasteiger partial charge in [-0.15, -0.1) is 0 Å². The maximum atomic E-state index is 11.2. The zero-order valence-electron chi connectivity index (χ0n) is 10.6. The van der Waals surface area contributed by atoms with Gasteiger partial charge >= 0.3 is 5.97 Å². The summed E-state index contributed by atoms with van der Waals surface area (Å²) in [6, 6.07) is 0. The summed E-state index contributed by atoms with van der Waals surface area (Å²) in [6.07, 6.45) is 1.76. The number of ether oxygens (including phenoxy) is 4. The minimum atomic E-state index is -0.540. The van der Waals surface area contributed by atoms with Crippen LogP contribution in [0.2, 0.25) is 0 Å². The van der Waals surface area contributed by atoms with Gasteiger partial charge in [0.25, 0.3) is 0 Å². The molecule has 0 aromatic carbocycles. The standard InChI is InChI=1S/C12H20O5/c1-4-14-10(13)7-15-8-5-6-9-11(8)17-12(2,3)16-9/h8-9,11H,4-7H2,1-3H3/t8-,9-,11+/m0/s1. The van der Waals surface area contributed by atoms with E-state index >= 15 is 0 Å². The first kappa shape index (κ1) is 12.8. The summed E-state index contributed by atoms with van der Waals surface area (Å²) < 4.78 is 21.9. The molecule has 5 heteroatoms. The predicted octanol–water partition coefficient (Wildman–Crippen LogP) is 1.25. The molecule has 2 fully saturated rings. The zero-order valence-corrected chi connectivity index (χ0v) is 10.6. The van der Waals surface area contributed by atoms with E-state index in [0.29, 0.717) is 6.61 Å². The van der Waals surface area contributed by atoms with Gasteiger partial charge in [0.05, 0.1) is 18.8 Å². The van der Waals surface area contributed by atoms with Crippen LogP contribution in [-0.2, 0) is 23.7 Å². The number of hydrogen-bond donors (Lipinski definition) is 0. The molecule has 2 aliphatic rings. The van der Waals surface area contributed by atoms with Gasteiger partial charge in [-0.25, -0.2) is 4.79 Å². The number of fused-ring (bicyclic) bond motifs is 1. The van der Waals surface area contributed by atoms with Crippen molar-refractivity contribution in [2.75, 3.05) is 13.2 Å². The van der Waals surface area contributed by atoms with Crippen LogP contribution in [-0.4, -0.2) is 43.3 Å². The molecule has 0 unspecified atom stereocenters. The summed E-state index contributed by atoms with van der Waals surface area (Å²) in [5.74, 6) is -0.865. The van der Waals surface area contributed by atoms with Crippen molar-refractivity contribution in [3.05, 3.63) is 0 Å². The Labute approximate surface area is 101 Å². The largest absolute Gasteiger partial charge is 0.464 e. The third kappa shape index (κ3) is 2.97. The molecule has 17 heavy (non-hydrogen) atoms. The van der Waals surface area contributed by atoms with Crippen molar-refractivity contribution in [3.8, 4) is 0 Å². The molecule has 1 saturated carbocycles. The average Bonchev–Trinajstić information content (AvgIpc) is 2.71. The van der Waals surface area contributed by atoms with Crippen LogP contribution < -0.4 is 0 Å². The van der Waals surface area contributed by atoms with Crippen LogP contribution >= 0.6 is 0 Å². The van der Waals surface area contributed by atoms with Gasteiger partial charge in [0.15, 0.2) is 5.79 Å². The molecular weight excluding hydrogens is 224 g/mol. The molecule has 2 rings (SSSR count). The van der Waals surface area contributed by atoms with Crippen LogP contribution in [0.3, 0.4) is 0 Å². The minimum Gasteiger partial charge on any atom is -0.464 e. The summed E-state index contributed by atoms with van der Waals surface area (Å²) in [5, 5.41) is 0. The smallest absolute Gasteiger partial charge is 0.332 e. The van der Waals surface area contributed by atoms with E-state index in [-0.39, 0.29) is 30.9 Å². The van der Waals surface area contributed by atoms with E-state index in [1.807, 2.05) is 13.8 Å². The molecule has 5 nitrogen and oxygen atoms in total. The Hall–Kier alpha value is -0.650. The molecule has 1 saturated heterocycles. The first-order valence-corrected chi connectivity index (χ1v) is 6.14. The van der Waals surface area contributed by atoms with E-state index in [9.17, 15) is 4.79 Å². The second-order valence-electron chi connectivity index (χ2n) is 4.87. The van der Waals surface area contributed by atoms with Crippen LogP contribution in [0, 0.1) is 0 Å². The van der Waals surface area contributed by atoms with E-state index in [0.717, 1.165) is 12.8 Å². The number of esters is 1. The van der Waals surface area contributed by atoms with Crippen molar-refractivity contribution in [3.63, 3.8) is 0 Å². The first-order valence-electron chi connectivity index (χ1n) is 6.14. The van der Waals surface area contributed by atoms with Gasteiger partial charge in [0, 0.05) is 0 Å². The lowest BCUT2D eigenvalue weighted by Crippen LogP contribution is -2.32. The van der Waals surface area contributed by atoms with E-state index < -0.39 is 5.79 Å². The fourth-order valence-corrected chi connectivity index (χ4v) is 2.45. The minimum absolute atomic E-state index is 0.00842. The van der Waals surface area contributed by atoms with Gasteiger partial charge < -0.3 is 18.9 Å². The Kier molecular flexibility index (Phi) is 3.70. The Morgan fingerprint density at radius 1 is 1.35 bits per heavy atom. The molecule has 0 radical (unpaired) electrons. The number of carbonyl (C=O) groups is 1. The van der Waals surface area contributed by atoms with E-state index in [4.69, 9.17) is 18.9 Å². The molecule has 0 aromatic rings.